The number of aliphatic hydroxyl groups is 1. The number of nitrogens with zero attached hydrogens (tertiary/aromatic N) is 2. The van der Waals surface area contributed by atoms with Gasteiger partial charge < -0.3 is 10.0 Å². The first-order valence-corrected chi connectivity index (χ1v) is 13.1. The predicted molar refractivity (Wildman–Crippen MR) is 140 cm³/mol. The zero-order valence-electron chi connectivity index (χ0n) is 20.0. The van der Waals surface area contributed by atoms with Crippen molar-refractivity contribution in [1.29, 1.82) is 0 Å². The number of fused-ring (bicyclic) bond motifs is 1. The lowest BCUT2D eigenvalue weighted by atomic mass is 9.77. The molecular formula is C28H27Cl2N3O4. The van der Waals surface area contributed by atoms with Crippen molar-refractivity contribution in [3.05, 3.63) is 99.3 Å². The summed E-state index contributed by atoms with van der Waals surface area (Å²) in [7, 11) is 0. The first-order valence-electron chi connectivity index (χ1n) is 12.3. The van der Waals surface area contributed by atoms with E-state index in [4.69, 9.17) is 28.0 Å². The van der Waals surface area contributed by atoms with Crippen LogP contribution in [0.25, 0.3) is 0 Å². The zero-order valence-corrected chi connectivity index (χ0v) is 21.5. The van der Waals surface area contributed by atoms with Crippen molar-refractivity contribution in [2.24, 2.45) is 0 Å². The van der Waals surface area contributed by atoms with Crippen LogP contribution in [-0.2, 0) is 16.2 Å². The first kappa shape index (κ1) is 25.7. The van der Waals surface area contributed by atoms with Gasteiger partial charge in [-0.15, -0.1) is 0 Å². The number of hydrogen-bond donors (Lipinski definition) is 2. The van der Waals surface area contributed by atoms with Gasteiger partial charge in [0.25, 0.3) is 11.8 Å². The summed E-state index contributed by atoms with van der Waals surface area (Å²) in [5, 5.41) is 11.8. The molecule has 0 spiro atoms. The van der Waals surface area contributed by atoms with E-state index in [9.17, 15) is 14.7 Å². The topological polar surface area (TPSA) is 91.8 Å². The fourth-order valence-corrected chi connectivity index (χ4v) is 5.94. The third kappa shape index (κ3) is 5.22. The molecular weight excluding hydrogens is 513 g/mol. The van der Waals surface area contributed by atoms with Crippen LogP contribution in [-0.4, -0.2) is 39.0 Å². The highest BCUT2D eigenvalue weighted by Gasteiger charge is 2.49. The lowest BCUT2D eigenvalue weighted by molar-refractivity contribution is -0.138. The second-order valence-corrected chi connectivity index (χ2v) is 10.2. The molecule has 3 aromatic rings. The van der Waals surface area contributed by atoms with E-state index in [1.54, 1.807) is 65.7 Å². The summed E-state index contributed by atoms with van der Waals surface area (Å²) in [6, 6.07) is 16.3. The number of amides is 2. The Balaban J connectivity index is 1.57. The highest BCUT2D eigenvalue weighted by Crippen LogP contribution is 2.47. The van der Waals surface area contributed by atoms with E-state index in [1.165, 1.54) is 0 Å². The van der Waals surface area contributed by atoms with Crippen molar-refractivity contribution < 1.29 is 19.5 Å². The Bertz CT molecular complexity index is 1290. The average Bonchev–Trinajstić information content (AvgIpc) is 2.90. The van der Waals surface area contributed by atoms with Crippen molar-refractivity contribution in [2.45, 2.75) is 56.4 Å². The number of carbonyl (C=O) groups is 2. The Morgan fingerprint density at radius 3 is 2.59 bits per heavy atom. The third-order valence-corrected chi connectivity index (χ3v) is 7.67. The molecule has 2 amide bonds. The molecule has 2 N–H and O–H groups in total. The van der Waals surface area contributed by atoms with Crippen molar-refractivity contribution in [3.8, 4) is 0 Å². The van der Waals surface area contributed by atoms with Crippen molar-refractivity contribution in [3.63, 3.8) is 0 Å². The molecule has 37 heavy (non-hydrogen) atoms. The molecule has 1 unspecified atom stereocenters. The van der Waals surface area contributed by atoms with Crippen LogP contribution < -0.4 is 5.48 Å². The molecule has 1 aliphatic heterocycles. The van der Waals surface area contributed by atoms with Crippen LogP contribution in [0.5, 0.6) is 0 Å². The molecule has 7 nitrogen and oxygen atoms in total. The molecule has 2 heterocycles. The summed E-state index contributed by atoms with van der Waals surface area (Å²) in [6.45, 7) is 0.0807. The Morgan fingerprint density at radius 1 is 1.05 bits per heavy atom. The summed E-state index contributed by atoms with van der Waals surface area (Å²) in [5.41, 5.74) is 4.81. The van der Waals surface area contributed by atoms with E-state index in [2.05, 4.69) is 10.5 Å². The molecule has 0 bridgehead atoms. The Hall–Kier alpha value is -2.97. The van der Waals surface area contributed by atoms with Crippen molar-refractivity contribution in [1.82, 2.24) is 15.4 Å². The maximum Gasteiger partial charge on any atom is 0.255 e. The number of halogens is 2. The van der Waals surface area contributed by atoms with E-state index >= 15 is 0 Å². The summed E-state index contributed by atoms with van der Waals surface area (Å²) in [4.78, 5) is 39.2. The number of nitrogens with one attached hydrogen (secondary N) is 1. The summed E-state index contributed by atoms with van der Waals surface area (Å²) < 4.78 is 0. The van der Waals surface area contributed by atoms with E-state index < -0.39 is 30.0 Å². The number of aliphatic hydroxyl groups excluding tert-OH is 1. The van der Waals surface area contributed by atoms with Gasteiger partial charge in [0.15, 0.2) is 0 Å². The Morgan fingerprint density at radius 2 is 1.84 bits per heavy atom. The van der Waals surface area contributed by atoms with Crippen LogP contribution in [0.15, 0.2) is 66.9 Å². The molecule has 2 aliphatic rings. The quantitative estimate of drug-likeness (QED) is 0.419. The molecule has 5 rings (SSSR count). The zero-order chi connectivity index (χ0) is 25.9. The van der Waals surface area contributed by atoms with Gasteiger partial charge in [-0.3, -0.25) is 19.4 Å². The molecule has 192 valence electrons. The Labute approximate surface area is 225 Å². The number of rotatable bonds is 6. The van der Waals surface area contributed by atoms with Crippen LogP contribution >= 0.6 is 23.2 Å². The lowest BCUT2D eigenvalue weighted by Crippen LogP contribution is -2.55. The minimum atomic E-state index is -0.842. The molecule has 4 atom stereocenters. The summed E-state index contributed by atoms with van der Waals surface area (Å²) in [6.07, 6.45) is 3.91. The second kappa shape index (κ2) is 11.2. The van der Waals surface area contributed by atoms with Crippen LogP contribution in [0.4, 0.5) is 0 Å². The largest absolute Gasteiger partial charge is 0.391 e. The maximum absolute atomic E-state index is 14.0. The minimum Gasteiger partial charge on any atom is -0.391 e. The lowest BCUT2D eigenvalue weighted by Gasteiger charge is -2.48. The van der Waals surface area contributed by atoms with Gasteiger partial charge in [0.1, 0.15) is 6.61 Å². The Kier molecular flexibility index (Phi) is 7.76. The number of hydroxylamine groups is 1. The summed E-state index contributed by atoms with van der Waals surface area (Å²) in [5.74, 6) is -1.51. The maximum atomic E-state index is 14.0. The SMILES string of the molecule is O=C(NOCc1ccccn1)[C@@H]1c2ccccc2C(=O)N(C2CCCC[C@H]2O)[C@H]1c1ccc(Cl)cc1Cl. The first-order chi connectivity index (χ1) is 18.0. The van der Waals surface area contributed by atoms with E-state index in [-0.39, 0.29) is 12.5 Å². The number of pyridine rings is 1. The minimum absolute atomic E-state index is 0.0807. The van der Waals surface area contributed by atoms with Gasteiger partial charge in [0.05, 0.1) is 29.8 Å². The fraction of sp³-hybridized carbons (Fsp3) is 0.321. The van der Waals surface area contributed by atoms with Gasteiger partial charge in [-0.2, -0.15) is 0 Å². The molecule has 2 aromatic carbocycles. The second-order valence-electron chi connectivity index (χ2n) is 9.38. The third-order valence-electron chi connectivity index (χ3n) is 7.11. The molecule has 9 heteroatoms. The van der Waals surface area contributed by atoms with Gasteiger partial charge >= 0.3 is 0 Å². The predicted octanol–water partition coefficient (Wildman–Crippen LogP) is 5.22. The smallest absolute Gasteiger partial charge is 0.255 e. The molecule has 0 radical (unpaired) electrons. The van der Waals surface area contributed by atoms with E-state index in [1.807, 2.05) is 6.07 Å². The van der Waals surface area contributed by atoms with Gasteiger partial charge in [-0.1, -0.05) is 66.4 Å². The molecule has 1 aromatic heterocycles. The molecule has 1 aliphatic carbocycles. The highest BCUT2D eigenvalue weighted by molar-refractivity contribution is 6.35. The number of benzene rings is 2. The van der Waals surface area contributed by atoms with Gasteiger partial charge in [0, 0.05) is 21.8 Å². The highest BCUT2D eigenvalue weighted by atomic mass is 35.5. The van der Waals surface area contributed by atoms with Crippen LogP contribution in [0.3, 0.4) is 0 Å². The summed E-state index contributed by atoms with van der Waals surface area (Å²) >= 11 is 12.9. The molecule has 0 saturated heterocycles. The van der Waals surface area contributed by atoms with Crippen molar-refractivity contribution >= 4 is 35.0 Å². The monoisotopic (exact) mass is 539 g/mol. The number of hydrogen-bond acceptors (Lipinski definition) is 5. The number of aromatic nitrogens is 1. The fourth-order valence-electron chi connectivity index (χ4n) is 5.42. The van der Waals surface area contributed by atoms with Crippen LogP contribution in [0.1, 0.15) is 64.8 Å². The van der Waals surface area contributed by atoms with Gasteiger partial charge in [-0.05, 0) is 54.3 Å². The van der Waals surface area contributed by atoms with Crippen molar-refractivity contribution in [2.75, 3.05) is 0 Å². The van der Waals surface area contributed by atoms with E-state index in [0.29, 0.717) is 45.3 Å². The standard InChI is InChI=1S/C28H27Cl2N3O4/c29-17-12-13-21(22(30)15-17)26-25(27(35)32-37-16-18-7-5-6-14-31-18)19-8-1-2-9-20(19)28(36)33(26)23-10-3-4-11-24(23)34/h1-2,5-9,12-15,23-26,34H,3-4,10-11,16H2,(H,32,35)/t23?,24-,25-,26+/m1/s1. The van der Waals surface area contributed by atoms with E-state index in [0.717, 1.165) is 12.8 Å². The molecule has 1 fully saturated rings. The average molecular weight is 540 g/mol. The van der Waals surface area contributed by atoms with Gasteiger partial charge in [-0.25, -0.2) is 5.48 Å². The number of carbonyl (C=O) groups excluding carboxylic acids is 2. The van der Waals surface area contributed by atoms with Crippen LogP contribution in [0, 0.1) is 0 Å². The normalized spacial score (nSPS) is 23.4. The molecule has 1 saturated carbocycles. The van der Waals surface area contributed by atoms with Crippen LogP contribution in [0.2, 0.25) is 10.0 Å². The van der Waals surface area contributed by atoms with Gasteiger partial charge in [0.2, 0.25) is 0 Å².